The molecule has 0 aliphatic rings. The maximum atomic E-state index is 11.1. The van der Waals surface area contributed by atoms with Crippen LogP contribution in [-0.4, -0.2) is 17.1 Å². The first kappa shape index (κ1) is 10.7. The molecular weight excluding hydrogens is 178 g/mol. The third-order valence-electron chi connectivity index (χ3n) is 2.15. The van der Waals surface area contributed by atoms with Crippen molar-refractivity contribution in [3.8, 4) is 0 Å². The lowest BCUT2D eigenvalue weighted by Gasteiger charge is -2.08. The molecule has 0 fully saturated rings. The van der Waals surface area contributed by atoms with E-state index in [0.29, 0.717) is 0 Å². The molecule has 0 aliphatic heterocycles. The first-order valence-corrected chi connectivity index (χ1v) is 4.57. The molecule has 1 rings (SSSR count). The molecule has 3 nitrogen and oxygen atoms in total. The summed E-state index contributed by atoms with van der Waals surface area (Å²) in [6.07, 6.45) is -0.975. The highest BCUT2D eigenvalue weighted by atomic mass is 16.3. The number of aryl methyl sites for hydroxylation is 2. The van der Waals surface area contributed by atoms with Gasteiger partial charge in [-0.25, -0.2) is 0 Å². The predicted octanol–water partition coefficient (Wildman–Crippen LogP) is 1.62. The van der Waals surface area contributed by atoms with E-state index >= 15 is 0 Å². The molecule has 0 aliphatic carbocycles. The minimum atomic E-state index is -0.975. The molecule has 14 heavy (non-hydrogen) atoms. The van der Waals surface area contributed by atoms with Gasteiger partial charge < -0.3 is 10.4 Å². The van der Waals surface area contributed by atoms with E-state index in [1.54, 1.807) is 0 Å². The number of hydrogen-bond donors (Lipinski definition) is 2. The molecule has 1 unspecified atom stereocenters. The van der Waals surface area contributed by atoms with E-state index in [-0.39, 0.29) is 5.91 Å². The minimum Gasteiger partial charge on any atom is -0.384 e. The van der Waals surface area contributed by atoms with Crippen LogP contribution in [0.1, 0.15) is 18.1 Å². The number of hydrogen-bond acceptors (Lipinski definition) is 2. The van der Waals surface area contributed by atoms with Crippen molar-refractivity contribution < 1.29 is 9.90 Å². The van der Waals surface area contributed by atoms with Crippen LogP contribution in [0.15, 0.2) is 18.2 Å². The van der Waals surface area contributed by atoms with Gasteiger partial charge in [-0.2, -0.15) is 0 Å². The summed E-state index contributed by atoms with van der Waals surface area (Å²) in [5, 5.41) is 11.6. The van der Waals surface area contributed by atoms with Gasteiger partial charge >= 0.3 is 0 Å². The van der Waals surface area contributed by atoms with Crippen LogP contribution in [-0.2, 0) is 4.79 Å². The van der Waals surface area contributed by atoms with Crippen LogP contribution in [0.3, 0.4) is 0 Å². The quantitative estimate of drug-likeness (QED) is 0.749. The summed E-state index contributed by atoms with van der Waals surface area (Å²) in [5.41, 5.74) is 3.02. The molecule has 1 amide bonds. The highest BCUT2D eigenvalue weighted by Crippen LogP contribution is 2.14. The number of carbonyl (C=O) groups is 1. The summed E-state index contributed by atoms with van der Waals surface area (Å²) in [4.78, 5) is 11.1. The molecule has 1 aromatic carbocycles. The number of anilines is 1. The standard InChI is InChI=1S/C11H15NO2/c1-7-4-5-10(6-8(7)2)12-11(14)9(3)13/h4-6,9,13H,1-3H3,(H,12,14). The van der Waals surface area contributed by atoms with E-state index in [4.69, 9.17) is 5.11 Å². The van der Waals surface area contributed by atoms with E-state index in [1.807, 2.05) is 32.0 Å². The van der Waals surface area contributed by atoms with Crippen molar-refractivity contribution >= 4 is 11.6 Å². The van der Waals surface area contributed by atoms with Gasteiger partial charge in [-0.05, 0) is 44.0 Å². The molecule has 2 N–H and O–H groups in total. The van der Waals surface area contributed by atoms with E-state index in [2.05, 4.69) is 5.32 Å². The van der Waals surface area contributed by atoms with Crippen LogP contribution in [0, 0.1) is 13.8 Å². The zero-order valence-electron chi connectivity index (χ0n) is 8.66. The normalized spacial score (nSPS) is 12.3. The minimum absolute atomic E-state index is 0.381. The number of amides is 1. The molecule has 3 heteroatoms. The SMILES string of the molecule is Cc1ccc(NC(=O)C(C)O)cc1C. The number of aliphatic hydroxyl groups is 1. The third-order valence-corrected chi connectivity index (χ3v) is 2.15. The van der Waals surface area contributed by atoms with Crippen molar-refractivity contribution in [3.05, 3.63) is 29.3 Å². The van der Waals surface area contributed by atoms with Crippen molar-refractivity contribution in [2.24, 2.45) is 0 Å². The highest BCUT2D eigenvalue weighted by Gasteiger charge is 2.08. The Bertz CT molecular complexity index is 345. The average molecular weight is 193 g/mol. The number of aliphatic hydroxyl groups excluding tert-OH is 1. The predicted molar refractivity (Wildman–Crippen MR) is 56.2 cm³/mol. The second-order valence-electron chi connectivity index (χ2n) is 3.46. The Kier molecular flexibility index (Phi) is 3.25. The van der Waals surface area contributed by atoms with Crippen molar-refractivity contribution in [1.82, 2.24) is 0 Å². The van der Waals surface area contributed by atoms with Crippen LogP contribution in [0.2, 0.25) is 0 Å². The van der Waals surface area contributed by atoms with Gasteiger partial charge in [0.1, 0.15) is 6.10 Å². The fraction of sp³-hybridized carbons (Fsp3) is 0.364. The lowest BCUT2D eigenvalue weighted by atomic mass is 10.1. The van der Waals surface area contributed by atoms with Crippen molar-refractivity contribution in [3.63, 3.8) is 0 Å². The van der Waals surface area contributed by atoms with Gasteiger partial charge in [-0.1, -0.05) is 6.07 Å². The summed E-state index contributed by atoms with van der Waals surface area (Å²) in [5.74, 6) is -0.381. The number of rotatable bonds is 2. The Morgan fingerprint density at radius 3 is 2.50 bits per heavy atom. The second kappa shape index (κ2) is 4.24. The summed E-state index contributed by atoms with van der Waals surface area (Å²) in [6.45, 7) is 5.43. The number of benzene rings is 1. The lowest BCUT2D eigenvalue weighted by Crippen LogP contribution is -2.24. The Hall–Kier alpha value is -1.35. The first-order valence-electron chi connectivity index (χ1n) is 4.57. The van der Waals surface area contributed by atoms with Gasteiger partial charge in [-0.3, -0.25) is 4.79 Å². The molecule has 1 atom stereocenters. The van der Waals surface area contributed by atoms with Crippen LogP contribution in [0.5, 0.6) is 0 Å². The molecule has 1 aromatic rings. The van der Waals surface area contributed by atoms with Crippen molar-refractivity contribution in [2.75, 3.05) is 5.32 Å². The maximum absolute atomic E-state index is 11.1. The summed E-state index contributed by atoms with van der Waals surface area (Å²) < 4.78 is 0. The molecule has 0 bridgehead atoms. The molecule has 0 aromatic heterocycles. The van der Waals surface area contributed by atoms with E-state index in [9.17, 15) is 4.79 Å². The third kappa shape index (κ3) is 2.57. The summed E-state index contributed by atoms with van der Waals surface area (Å²) in [7, 11) is 0. The zero-order valence-corrected chi connectivity index (χ0v) is 8.66. The molecule has 0 saturated heterocycles. The Morgan fingerprint density at radius 1 is 1.36 bits per heavy atom. The van der Waals surface area contributed by atoms with Gasteiger partial charge in [-0.15, -0.1) is 0 Å². The fourth-order valence-corrected chi connectivity index (χ4v) is 1.07. The monoisotopic (exact) mass is 193 g/mol. The van der Waals surface area contributed by atoms with Gasteiger partial charge in [0.15, 0.2) is 0 Å². The van der Waals surface area contributed by atoms with Gasteiger partial charge in [0.25, 0.3) is 5.91 Å². The van der Waals surface area contributed by atoms with Crippen molar-refractivity contribution in [2.45, 2.75) is 26.9 Å². The number of carbonyl (C=O) groups excluding carboxylic acids is 1. The second-order valence-corrected chi connectivity index (χ2v) is 3.46. The van der Waals surface area contributed by atoms with E-state index < -0.39 is 6.10 Å². The number of nitrogens with one attached hydrogen (secondary N) is 1. The van der Waals surface area contributed by atoms with Crippen LogP contribution in [0.4, 0.5) is 5.69 Å². The van der Waals surface area contributed by atoms with Gasteiger partial charge in [0.2, 0.25) is 0 Å². The molecule has 0 radical (unpaired) electrons. The smallest absolute Gasteiger partial charge is 0.252 e. The van der Waals surface area contributed by atoms with E-state index in [0.717, 1.165) is 11.3 Å². The Balaban J connectivity index is 2.78. The molecule has 0 spiro atoms. The van der Waals surface area contributed by atoms with E-state index in [1.165, 1.54) is 12.5 Å². The van der Waals surface area contributed by atoms with Gasteiger partial charge in [0, 0.05) is 5.69 Å². The molecule has 76 valence electrons. The first-order chi connectivity index (χ1) is 6.50. The highest BCUT2D eigenvalue weighted by molar-refractivity contribution is 5.93. The van der Waals surface area contributed by atoms with Crippen molar-refractivity contribution in [1.29, 1.82) is 0 Å². The average Bonchev–Trinajstić information content (AvgIpc) is 2.11. The molecule has 0 saturated carbocycles. The van der Waals surface area contributed by atoms with Crippen LogP contribution in [0.25, 0.3) is 0 Å². The topological polar surface area (TPSA) is 49.3 Å². The lowest BCUT2D eigenvalue weighted by molar-refractivity contribution is -0.123. The summed E-state index contributed by atoms with van der Waals surface area (Å²) >= 11 is 0. The summed E-state index contributed by atoms with van der Waals surface area (Å²) in [6, 6.07) is 5.64. The molecule has 0 heterocycles. The Labute approximate surface area is 83.8 Å². The maximum Gasteiger partial charge on any atom is 0.252 e. The van der Waals surface area contributed by atoms with Gasteiger partial charge in [0.05, 0.1) is 0 Å². The zero-order chi connectivity index (χ0) is 10.7. The molecular formula is C11H15NO2. The largest absolute Gasteiger partial charge is 0.384 e. The fourth-order valence-electron chi connectivity index (χ4n) is 1.07. The Morgan fingerprint density at radius 2 is 2.00 bits per heavy atom. The van der Waals surface area contributed by atoms with Crippen LogP contribution < -0.4 is 5.32 Å². The van der Waals surface area contributed by atoms with Crippen LogP contribution >= 0.6 is 0 Å².